The van der Waals surface area contributed by atoms with Crippen LogP contribution in [0.15, 0.2) is 6.20 Å². The Morgan fingerprint density at radius 2 is 1.94 bits per heavy atom. The zero-order valence-electron chi connectivity index (χ0n) is 11.2. The Bertz CT molecular complexity index is 313. The van der Waals surface area contributed by atoms with Crippen molar-refractivity contribution in [1.82, 2.24) is 15.1 Å². The predicted molar refractivity (Wildman–Crippen MR) is 68.5 cm³/mol. The van der Waals surface area contributed by atoms with Gasteiger partial charge in [-0.3, -0.25) is 4.68 Å². The fourth-order valence-electron chi connectivity index (χ4n) is 2.49. The maximum atomic E-state index is 4.53. The Labute approximate surface area is 99.2 Å². The molecule has 1 heterocycles. The first-order valence-corrected chi connectivity index (χ1v) is 6.37. The quantitative estimate of drug-likeness (QED) is 0.803. The number of nitrogens with one attached hydrogen (secondary N) is 1. The van der Waals surface area contributed by atoms with E-state index in [0.717, 1.165) is 6.42 Å². The van der Waals surface area contributed by atoms with Gasteiger partial charge in [0.15, 0.2) is 0 Å². The lowest BCUT2D eigenvalue weighted by Gasteiger charge is -2.24. The van der Waals surface area contributed by atoms with Gasteiger partial charge in [0, 0.05) is 24.8 Å². The summed E-state index contributed by atoms with van der Waals surface area (Å²) < 4.78 is 1.93. The van der Waals surface area contributed by atoms with Gasteiger partial charge in [-0.2, -0.15) is 5.10 Å². The van der Waals surface area contributed by atoms with Crippen LogP contribution >= 0.6 is 0 Å². The van der Waals surface area contributed by atoms with E-state index in [1.165, 1.54) is 24.1 Å². The van der Waals surface area contributed by atoms with Crippen molar-refractivity contribution in [3.05, 3.63) is 17.5 Å². The highest BCUT2D eigenvalue weighted by Crippen LogP contribution is 2.29. The molecule has 0 aliphatic heterocycles. The molecule has 92 valence electrons. The molecule has 0 spiro atoms. The summed E-state index contributed by atoms with van der Waals surface area (Å²) in [5.74, 6) is 0.694. The molecule has 0 bridgehead atoms. The van der Waals surface area contributed by atoms with Crippen LogP contribution in [0, 0.1) is 5.92 Å². The monoisotopic (exact) mass is 223 g/mol. The molecule has 0 amide bonds. The molecule has 3 nitrogen and oxygen atoms in total. The van der Waals surface area contributed by atoms with Crippen LogP contribution in [0.3, 0.4) is 0 Å². The number of hydrogen-bond acceptors (Lipinski definition) is 2. The van der Waals surface area contributed by atoms with Crippen molar-refractivity contribution in [3.8, 4) is 0 Å². The molecule has 1 aromatic rings. The van der Waals surface area contributed by atoms with E-state index < -0.39 is 0 Å². The van der Waals surface area contributed by atoms with Crippen LogP contribution in [0.25, 0.3) is 0 Å². The van der Waals surface area contributed by atoms with Gasteiger partial charge in [0.05, 0.1) is 5.69 Å². The number of aromatic nitrogens is 2. The van der Waals surface area contributed by atoms with E-state index in [0.29, 0.717) is 12.0 Å². The van der Waals surface area contributed by atoms with Crippen LogP contribution in [0.1, 0.15) is 50.9 Å². The molecule has 1 N–H and O–H groups in total. The molecule has 0 saturated heterocycles. The Morgan fingerprint density at radius 3 is 2.38 bits per heavy atom. The Kier molecular flexibility index (Phi) is 5.00. The lowest BCUT2D eigenvalue weighted by atomic mass is 9.89. The zero-order valence-corrected chi connectivity index (χ0v) is 11.2. The number of hydrogen-bond donors (Lipinski definition) is 1. The molecule has 16 heavy (non-hydrogen) atoms. The molecule has 0 radical (unpaired) electrons. The highest BCUT2D eigenvalue weighted by molar-refractivity contribution is 5.22. The van der Waals surface area contributed by atoms with E-state index in [9.17, 15) is 0 Å². The third kappa shape index (κ3) is 2.64. The summed E-state index contributed by atoms with van der Waals surface area (Å²) in [6.45, 7) is 6.70. The van der Waals surface area contributed by atoms with Crippen molar-refractivity contribution in [2.24, 2.45) is 13.0 Å². The lowest BCUT2D eigenvalue weighted by molar-refractivity contribution is 0.358. The summed E-state index contributed by atoms with van der Waals surface area (Å²) in [4.78, 5) is 0. The molecule has 1 aromatic heterocycles. The maximum Gasteiger partial charge on any atom is 0.0669 e. The van der Waals surface area contributed by atoms with Crippen LogP contribution < -0.4 is 5.32 Å². The first kappa shape index (κ1) is 13.2. The van der Waals surface area contributed by atoms with Crippen molar-refractivity contribution in [3.63, 3.8) is 0 Å². The third-order valence-corrected chi connectivity index (χ3v) is 3.44. The van der Waals surface area contributed by atoms with E-state index in [1.54, 1.807) is 0 Å². The molecule has 0 aliphatic rings. The minimum absolute atomic E-state index is 0.443. The largest absolute Gasteiger partial charge is 0.313 e. The van der Waals surface area contributed by atoms with E-state index in [4.69, 9.17) is 0 Å². The summed E-state index contributed by atoms with van der Waals surface area (Å²) in [6, 6.07) is 0.443. The van der Waals surface area contributed by atoms with E-state index in [1.807, 2.05) is 11.7 Å². The third-order valence-electron chi connectivity index (χ3n) is 3.44. The lowest BCUT2D eigenvalue weighted by Crippen LogP contribution is -2.25. The minimum Gasteiger partial charge on any atom is -0.313 e. The van der Waals surface area contributed by atoms with Gasteiger partial charge in [0.1, 0.15) is 0 Å². The normalized spacial score (nSPS) is 13.4. The number of nitrogens with zero attached hydrogens (tertiary/aromatic N) is 2. The fourth-order valence-corrected chi connectivity index (χ4v) is 2.49. The van der Waals surface area contributed by atoms with Gasteiger partial charge in [0.2, 0.25) is 0 Å². The van der Waals surface area contributed by atoms with Gasteiger partial charge in [-0.25, -0.2) is 0 Å². The average molecular weight is 223 g/mol. The van der Waals surface area contributed by atoms with Crippen LogP contribution in [0.4, 0.5) is 0 Å². The molecule has 3 heteroatoms. The molecular weight excluding hydrogens is 198 g/mol. The molecule has 0 saturated carbocycles. The summed E-state index contributed by atoms with van der Waals surface area (Å²) in [7, 11) is 4.05. The number of aryl methyl sites for hydroxylation is 2. The fraction of sp³-hybridized carbons (Fsp3) is 0.769. The first-order valence-electron chi connectivity index (χ1n) is 6.37. The molecule has 1 atom stereocenters. The summed E-state index contributed by atoms with van der Waals surface area (Å²) in [6.07, 6.45) is 5.59. The Hall–Kier alpha value is -0.830. The van der Waals surface area contributed by atoms with Gasteiger partial charge in [0.25, 0.3) is 0 Å². The van der Waals surface area contributed by atoms with Gasteiger partial charge in [-0.05, 0) is 19.4 Å². The van der Waals surface area contributed by atoms with Gasteiger partial charge in [-0.1, -0.05) is 33.6 Å². The maximum absolute atomic E-state index is 4.53. The number of rotatable bonds is 6. The standard InChI is InChI=1S/C13H25N3/c1-6-10(7-2)13(14-4)11-9-16(5)15-12(11)8-3/h9-10,13-14H,6-8H2,1-5H3. The van der Waals surface area contributed by atoms with Gasteiger partial charge < -0.3 is 5.32 Å². The first-order chi connectivity index (χ1) is 7.67. The molecule has 0 aliphatic carbocycles. The van der Waals surface area contributed by atoms with Crippen LogP contribution in [0.2, 0.25) is 0 Å². The Morgan fingerprint density at radius 1 is 1.31 bits per heavy atom. The second kappa shape index (κ2) is 6.04. The molecule has 0 aromatic carbocycles. The summed E-state index contributed by atoms with van der Waals surface area (Å²) in [5, 5.41) is 7.98. The summed E-state index contributed by atoms with van der Waals surface area (Å²) in [5.41, 5.74) is 2.61. The van der Waals surface area contributed by atoms with Crippen molar-refractivity contribution in [1.29, 1.82) is 0 Å². The summed E-state index contributed by atoms with van der Waals surface area (Å²) >= 11 is 0. The van der Waals surface area contributed by atoms with E-state index >= 15 is 0 Å². The highest BCUT2D eigenvalue weighted by atomic mass is 15.3. The minimum atomic E-state index is 0.443. The van der Waals surface area contributed by atoms with Gasteiger partial charge in [-0.15, -0.1) is 0 Å². The van der Waals surface area contributed by atoms with Crippen LogP contribution in [-0.2, 0) is 13.5 Å². The van der Waals surface area contributed by atoms with Crippen molar-refractivity contribution < 1.29 is 0 Å². The van der Waals surface area contributed by atoms with E-state index in [-0.39, 0.29) is 0 Å². The van der Waals surface area contributed by atoms with E-state index in [2.05, 4.69) is 44.4 Å². The van der Waals surface area contributed by atoms with Crippen LogP contribution in [0.5, 0.6) is 0 Å². The topological polar surface area (TPSA) is 29.9 Å². The Balaban J connectivity index is 3.01. The van der Waals surface area contributed by atoms with Crippen molar-refractivity contribution >= 4 is 0 Å². The molecule has 0 fully saturated rings. The molecule has 1 rings (SSSR count). The van der Waals surface area contributed by atoms with Crippen molar-refractivity contribution in [2.45, 2.75) is 46.1 Å². The second-order valence-electron chi connectivity index (χ2n) is 4.40. The SMILES string of the molecule is CCc1nn(C)cc1C(NC)C(CC)CC. The zero-order chi connectivity index (χ0) is 12.1. The van der Waals surface area contributed by atoms with Crippen LogP contribution in [-0.4, -0.2) is 16.8 Å². The molecule has 1 unspecified atom stereocenters. The average Bonchev–Trinajstić information content (AvgIpc) is 2.66. The van der Waals surface area contributed by atoms with Gasteiger partial charge >= 0.3 is 0 Å². The smallest absolute Gasteiger partial charge is 0.0669 e. The molecular formula is C13H25N3. The van der Waals surface area contributed by atoms with Crippen molar-refractivity contribution in [2.75, 3.05) is 7.05 Å². The predicted octanol–water partition coefficient (Wildman–Crippen LogP) is 2.68. The second-order valence-corrected chi connectivity index (χ2v) is 4.40. The highest BCUT2D eigenvalue weighted by Gasteiger charge is 2.22.